The fourth-order valence-corrected chi connectivity index (χ4v) is 1.14. The third-order valence-corrected chi connectivity index (χ3v) is 1.86. The normalized spacial score (nSPS) is 10.7. The Morgan fingerprint density at radius 3 is 3.00 bits per heavy atom. The van der Waals surface area contributed by atoms with Crippen molar-refractivity contribution in [1.29, 1.82) is 0 Å². The highest BCUT2D eigenvalue weighted by atomic mass is 16.5. The molecule has 0 spiro atoms. The highest BCUT2D eigenvalue weighted by Gasteiger charge is 2.04. The Bertz CT molecular complexity index is 247. The van der Waals surface area contributed by atoms with Gasteiger partial charge in [0.25, 0.3) is 0 Å². The summed E-state index contributed by atoms with van der Waals surface area (Å²) >= 11 is 0. The molecule has 0 amide bonds. The summed E-state index contributed by atoms with van der Waals surface area (Å²) in [6.07, 6.45) is 1.68. The monoisotopic (exact) mass is 199 g/mol. The molecule has 0 aliphatic rings. The Labute approximate surface area is 84.2 Å². The molecule has 80 valence electrons. The molecule has 4 heteroatoms. The minimum atomic E-state index is 0.580. The second-order valence-electron chi connectivity index (χ2n) is 2.94. The van der Waals surface area contributed by atoms with Gasteiger partial charge in [-0.15, -0.1) is 0 Å². The van der Waals surface area contributed by atoms with Crippen LogP contribution in [0, 0.1) is 0 Å². The van der Waals surface area contributed by atoms with Crippen molar-refractivity contribution >= 4 is 0 Å². The van der Waals surface area contributed by atoms with E-state index in [0.717, 1.165) is 17.9 Å². The van der Waals surface area contributed by atoms with Gasteiger partial charge >= 0.3 is 0 Å². The Morgan fingerprint density at radius 1 is 1.43 bits per heavy atom. The molecule has 0 aliphatic carbocycles. The van der Waals surface area contributed by atoms with Crippen LogP contribution in [0.15, 0.2) is 16.7 Å². The molecule has 0 saturated carbocycles. The molecule has 1 aromatic heterocycles. The zero-order valence-electron chi connectivity index (χ0n) is 8.71. The van der Waals surface area contributed by atoms with Crippen LogP contribution in [0.4, 0.5) is 0 Å². The molecule has 0 bridgehead atoms. The van der Waals surface area contributed by atoms with E-state index >= 15 is 0 Å². The van der Waals surface area contributed by atoms with E-state index in [4.69, 9.17) is 13.9 Å². The molecule has 0 saturated heterocycles. The van der Waals surface area contributed by atoms with Gasteiger partial charge in [-0.25, -0.2) is 0 Å². The first-order chi connectivity index (χ1) is 6.88. The number of furan rings is 1. The van der Waals surface area contributed by atoms with Crippen molar-refractivity contribution in [1.82, 2.24) is 5.32 Å². The van der Waals surface area contributed by atoms with Crippen molar-refractivity contribution in [2.24, 2.45) is 0 Å². The van der Waals surface area contributed by atoms with Gasteiger partial charge in [-0.05, 0) is 13.1 Å². The predicted octanol–water partition coefficient (Wildman–Crippen LogP) is 1.16. The fourth-order valence-electron chi connectivity index (χ4n) is 1.14. The average molecular weight is 199 g/mol. The number of rotatable bonds is 7. The summed E-state index contributed by atoms with van der Waals surface area (Å²) in [4.78, 5) is 0. The molecule has 1 N–H and O–H groups in total. The van der Waals surface area contributed by atoms with Gasteiger partial charge in [-0.2, -0.15) is 0 Å². The van der Waals surface area contributed by atoms with Crippen molar-refractivity contribution in [3.8, 4) is 0 Å². The van der Waals surface area contributed by atoms with E-state index in [1.807, 2.05) is 13.1 Å². The second-order valence-corrected chi connectivity index (χ2v) is 2.94. The van der Waals surface area contributed by atoms with E-state index in [-0.39, 0.29) is 0 Å². The van der Waals surface area contributed by atoms with Gasteiger partial charge in [0.15, 0.2) is 0 Å². The number of hydrogen-bond donors (Lipinski definition) is 1. The summed E-state index contributed by atoms with van der Waals surface area (Å²) in [5.41, 5.74) is 1.09. The lowest BCUT2D eigenvalue weighted by atomic mass is 10.2. The van der Waals surface area contributed by atoms with Gasteiger partial charge in [-0.1, -0.05) is 0 Å². The highest BCUT2D eigenvalue weighted by molar-refractivity contribution is 5.15. The van der Waals surface area contributed by atoms with Crippen LogP contribution >= 0.6 is 0 Å². The predicted molar refractivity (Wildman–Crippen MR) is 53.0 cm³/mol. The van der Waals surface area contributed by atoms with Crippen LogP contribution in [0.2, 0.25) is 0 Å². The van der Waals surface area contributed by atoms with Crippen molar-refractivity contribution < 1.29 is 13.9 Å². The molecule has 14 heavy (non-hydrogen) atoms. The van der Waals surface area contributed by atoms with Crippen molar-refractivity contribution in [2.45, 2.75) is 13.2 Å². The molecule has 4 nitrogen and oxygen atoms in total. The summed E-state index contributed by atoms with van der Waals surface area (Å²) in [7, 11) is 3.55. The summed E-state index contributed by atoms with van der Waals surface area (Å²) in [6, 6.07) is 1.93. The lowest BCUT2D eigenvalue weighted by Gasteiger charge is -2.03. The largest absolute Gasteiger partial charge is 0.468 e. The molecule has 0 fully saturated rings. The average Bonchev–Trinajstić information content (AvgIpc) is 2.61. The summed E-state index contributed by atoms with van der Waals surface area (Å²) < 4.78 is 15.6. The molecule has 1 heterocycles. The van der Waals surface area contributed by atoms with E-state index in [1.165, 1.54) is 0 Å². The third kappa shape index (κ3) is 3.49. The zero-order chi connectivity index (χ0) is 10.2. The van der Waals surface area contributed by atoms with E-state index < -0.39 is 0 Å². The maximum atomic E-state index is 5.39. The van der Waals surface area contributed by atoms with Gasteiger partial charge in [0.05, 0.1) is 32.6 Å². The van der Waals surface area contributed by atoms with E-state index in [9.17, 15) is 0 Å². The van der Waals surface area contributed by atoms with Gasteiger partial charge in [0.1, 0.15) is 5.76 Å². The molecular weight excluding hydrogens is 182 g/mol. The van der Waals surface area contributed by atoms with Crippen LogP contribution in [0.5, 0.6) is 0 Å². The summed E-state index contributed by atoms with van der Waals surface area (Å²) in [5.74, 6) is 0.935. The molecule has 0 aromatic carbocycles. The quantitative estimate of drug-likeness (QED) is 0.669. The lowest BCUT2D eigenvalue weighted by molar-refractivity contribution is 0.0610. The minimum absolute atomic E-state index is 0.580. The third-order valence-electron chi connectivity index (χ3n) is 1.86. The smallest absolute Gasteiger partial charge is 0.123 e. The first-order valence-electron chi connectivity index (χ1n) is 4.65. The van der Waals surface area contributed by atoms with Crippen molar-refractivity contribution in [3.63, 3.8) is 0 Å². The summed E-state index contributed by atoms with van der Waals surface area (Å²) in [6.45, 7) is 2.55. The highest BCUT2D eigenvalue weighted by Crippen LogP contribution is 2.11. The molecule has 0 unspecified atom stereocenters. The number of hydrogen-bond acceptors (Lipinski definition) is 4. The van der Waals surface area contributed by atoms with Crippen LogP contribution in [0.1, 0.15) is 11.3 Å². The molecule has 0 atom stereocenters. The topological polar surface area (TPSA) is 43.6 Å². The lowest BCUT2D eigenvalue weighted by Crippen LogP contribution is -2.07. The van der Waals surface area contributed by atoms with E-state index in [2.05, 4.69) is 5.32 Å². The molecule has 1 rings (SSSR count). The Morgan fingerprint density at radius 2 is 2.29 bits per heavy atom. The van der Waals surface area contributed by atoms with Crippen LogP contribution in [0.25, 0.3) is 0 Å². The Balaban J connectivity index is 2.30. The molecular formula is C10H17NO3. The van der Waals surface area contributed by atoms with Crippen LogP contribution in [-0.2, 0) is 22.6 Å². The van der Waals surface area contributed by atoms with E-state index in [1.54, 1.807) is 13.4 Å². The second kappa shape index (κ2) is 6.59. The van der Waals surface area contributed by atoms with Crippen LogP contribution in [0.3, 0.4) is 0 Å². The van der Waals surface area contributed by atoms with Gasteiger partial charge in [-0.3, -0.25) is 0 Å². The Hall–Kier alpha value is -0.840. The van der Waals surface area contributed by atoms with E-state index in [0.29, 0.717) is 19.8 Å². The van der Waals surface area contributed by atoms with Crippen LogP contribution < -0.4 is 5.32 Å². The standard InChI is InChI=1S/C10H17NO3/c1-11-7-10-9(3-4-14-10)8-13-6-5-12-2/h3-4,11H,5-8H2,1-2H3. The van der Waals surface area contributed by atoms with Gasteiger partial charge in [0.2, 0.25) is 0 Å². The first kappa shape index (κ1) is 11.2. The maximum Gasteiger partial charge on any atom is 0.123 e. The number of ether oxygens (including phenoxy) is 2. The number of methoxy groups -OCH3 is 1. The Kier molecular flexibility index (Phi) is 5.29. The van der Waals surface area contributed by atoms with Gasteiger partial charge in [0, 0.05) is 12.7 Å². The van der Waals surface area contributed by atoms with Gasteiger partial charge < -0.3 is 19.2 Å². The fraction of sp³-hybridized carbons (Fsp3) is 0.600. The summed E-state index contributed by atoms with van der Waals surface area (Å²) in [5, 5.41) is 3.04. The molecule has 0 aliphatic heterocycles. The first-order valence-corrected chi connectivity index (χ1v) is 4.65. The number of nitrogens with one attached hydrogen (secondary N) is 1. The minimum Gasteiger partial charge on any atom is -0.468 e. The van der Waals surface area contributed by atoms with Crippen LogP contribution in [-0.4, -0.2) is 27.4 Å². The SMILES string of the molecule is CNCc1occc1COCCOC. The molecule has 1 aromatic rings. The van der Waals surface area contributed by atoms with Crippen molar-refractivity contribution in [2.75, 3.05) is 27.4 Å². The molecule has 0 radical (unpaired) electrons. The zero-order valence-corrected chi connectivity index (χ0v) is 8.71. The van der Waals surface area contributed by atoms with Crippen molar-refractivity contribution in [3.05, 3.63) is 23.7 Å². The maximum absolute atomic E-state index is 5.39.